The highest BCUT2D eigenvalue weighted by Gasteiger charge is 2.26. The van der Waals surface area contributed by atoms with E-state index in [1.165, 1.54) is 109 Å². The van der Waals surface area contributed by atoms with Gasteiger partial charge in [-0.3, -0.25) is 13.8 Å². The Balaban J connectivity index is 4.25. The van der Waals surface area contributed by atoms with Crippen molar-refractivity contribution in [3.8, 4) is 0 Å². The summed E-state index contributed by atoms with van der Waals surface area (Å²) >= 11 is 0. The largest absolute Gasteiger partial charge is 0.472 e. The molecule has 1 amide bonds. The van der Waals surface area contributed by atoms with Crippen LogP contribution in [0.2, 0.25) is 0 Å². The van der Waals surface area contributed by atoms with Crippen LogP contribution in [0.15, 0.2) is 48.6 Å². The predicted molar refractivity (Wildman–Crippen MR) is 226 cm³/mol. The van der Waals surface area contributed by atoms with Crippen molar-refractivity contribution in [2.45, 2.75) is 206 Å². The van der Waals surface area contributed by atoms with E-state index in [0.717, 1.165) is 64.2 Å². The molecule has 53 heavy (non-hydrogen) atoms. The normalized spacial score (nSPS) is 14.6. The maximum Gasteiger partial charge on any atom is 0.472 e. The third-order valence-corrected chi connectivity index (χ3v) is 10.4. The van der Waals surface area contributed by atoms with Crippen LogP contribution in [0.3, 0.4) is 0 Å². The van der Waals surface area contributed by atoms with Crippen LogP contribution in [-0.4, -0.2) is 47.8 Å². The van der Waals surface area contributed by atoms with Gasteiger partial charge in [-0.25, -0.2) is 4.57 Å². The molecule has 3 atom stereocenters. The molecule has 0 heterocycles. The van der Waals surface area contributed by atoms with Gasteiger partial charge in [0, 0.05) is 13.0 Å². The van der Waals surface area contributed by atoms with Crippen molar-refractivity contribution in [3.63, 3.8) is 0 Å². The molecule has 0 rings (SSSR count). The summed E-state index contributed by atoms with van der Waals surface area (Å²) in [6, 6.07) is -0.868. The quantitative estimate of drug-likeness (QED) is 0.0277. The van der Waals surface area contributed by atoms with E-state index in [4.69, 9.17) is 14.8 Å². The number of phosphoric acid groups is 1. The van der Waals surface area contributed by atoms with Gasteiger partial charge in [-0.2, -0.15) is 0 Å². The van der Waals surface area contributed by atoms with E-state index in [9.17, 15) is 19.4 Å². The van der Waals surface area contributed by atoms with Gasteiger partial charge in [-0.1, -0.05) is 178 Å². The van der Waals surface area contributed by atoms with Crippen molar-refractivity contribution in [1.29, 1.82) is 0 Å². The topological polar surface area (TPSA) is 131 Å². The number of hydrogen-bond donors (Lipinski definition) is 4. The van der Waals surface area contributed by atoms with Gasteiger partial charge in [0.05, 0.1) is 25.4 Å². The van der Waals surface area contributed by atoms with Gasteiger partial charge in [-0.05, 0) is 57.8 Å². The molecule has 0 aliphatic rings. The number of hydrogen-bond acceptors (Lipinski definition) is 6. The molecule has 3 unspecified atom stereocenters. The molecule has 0 bridgehead atoms. The van der Waals surface area contributed by atoms with Crippen LogP contribution in [0.1, 0.15) is 194 Å². The highest BCUT2D eigenvalue weighted by atomic mass is 31.2. The van der Waals surface area contributed by atoms with E-state index < -0.39 is 20.0 Å². The van der Waals surface area contributed by atoms with Crippen LogP contribution >= 0.6 is 7.82 Å². The molecule has 310 valence electrons. The molecule has 0 radical (unpaired) electrons. The van der Waals surface area contributed by atoms with Crippen LogP contribution in [-0.2, 0) is 18.4 Å². The highest BCUT2D eigenvalue weighted by molar-refractivity contribution is 7.47. The van der Waals surface area contributed by atoms with E-state index in [-0.39, 0.29) is 25.7 Å². The zero-order valence-electron chi connectivity index (χ0n) is 34.2. The smallest absolute Gasteiger partial charge is 0.387 e. The number of aliphatic hydroxyl groups excluding tert-OH is 1. The second kappa shape index (κ2) is 40.1. The summed E-state index contributed by atoms with van der Waals surface area (Å²) in [5.41, 5.74) is 5.37. The van der Waals surface area contributed by atoms with Gasteiger partial charge in [-0.15, -0.1) is 0 Å². The summed E-state index contributed by atoms with van der Waals surface area (Å²) in [7, 11) is -4.34. The molecule has 8 nitrogen and oxygen atoms in total. The molecule has 0 aliphatic heterocycles. The number of unbranched alkanes of at least 4 members (excludes halogenated alkanes) is 22. The van der Waals surface area contributed by atoms with Crippen molar-refractivity contribution in [2.75, 3.05) is 19.8 Å². The van der Waals surface area contributed by atoms with Crippen molar-refractivity contribution < 1.29 is 28.4 Å². The standard InChI is InChI=1S/C44H83N2O6P/c1-3-5-7-9-11-13-15-17-19-20-21-22-24-26-28-30-32-34-36-38-44(48)46-42(41-52-53(49,50)51-40-39-45)43(47)37-35-33-31-29-27-25-23-18-16-14-12-10-8-6-4-2/h11,13,17,19,21-22,35,37,42-43,47H,3-10,12,14-16,18,20,23-34,36,38-41,45H2,1-2H3,(H,46,48)(H,49,50)/b13-11-,19-17-,22-21-,37-35+. The number of allylic oxidation sites excluding steroid dienone is 7. The fourth-order valence-electron chi connectivity index (χ4n) is 6.08. The molecular formula is C44H83N2O6P. The predicted octanol–water partition coefficient (Wildman–Crippen LogP) is 12.1. The number of carbonyl (C=O) groups excluding carboxylic acids is 1. The number of amides is 1. The second-order valence-electron chi connectivity index (χ2n) is 14.6. The molecule has 9 heteroatoms. The van der Waals surface area contributed by atoms with Crippen LogP contribution in [0.25, 0.3) is 0 Å². The summed E-state index contributed by atoms with van der Waals surface area (Å²) in [5, 5.41) is 13.7. The summed E-state index contributed by atoms with van der Waals surface area (Å²) in [4.78, 5) is 22.7. The lowest BCUT2D eigenvalue weighted by Gasteiger charge is -2.23. The lowest BCUT2D eigenvalue weighted by Crippen LogP contribution is -2.45. The third-order valence-electron chi connectivity index (χ3n) is 9.40. The summed E-state index contributed by atoms with van der Waals surface area (Å²) < 4.78 is 22.1. The lowest BCUT2D eigenvalue weighted by atomic mass is 10.0. The van der Waals surface area contributed by atoms with Crippen LogP contribution in [0.4, 0.5) is 0 Å². The summed E-state index contributed by atoms with van der Waals surface area (Å²) in [6.07, 6.45) is 48.6. The zero-order valence-corrected chi connectivity index (χ0v) is 35.1. The Bertz CT molecular complexity index is 970. The number of phosphoric ester groups is 1. The minimum Gasteiger partial charge on any atom is -0.387 e. The molecule has 0 aromatic rings. The second-order valence-corrected chi connectivity index (χ2v) is 16.0. The van der Waals surface area contributed by atoms with Gasteiger partial charge in [0.25, 0.3) is 0 Å². The fraction of sp³-hybridized carbons (Fsp3) is 0.795. The third kappa shape index (κ3) is 38.5. The average Bonchev–Trinajstić information content (AvgIpc) is 3.14. The Kier molecular flexibility index (Phi) is 39.0. The van der Waals surface area contributed by atoms with Gasteiger partial charge in [0.15, 0.2) is 0 Å². The minimum absolute atomic E-state index is 0.0747. The monoisotopic (exact) mass is 767 g/mol. The minimum atomic E-state index is -4.34. The van der Waals surface area contributed by atoms with Gasteiger partial charge < -0.3 is 21.1 Å². The van der Waals surface area contributed by atoms with Crippen LogP contribution in [0, 0.1) is 0 Å². The molecule has 5 N–H and O–H groups in total. The number of carbonyl (C=O) groups is 1. The van der Waals surface area contributed by atoms with Crippen molar-refractivity contribution in [1.82, 2.24) is 5.32 Å². The molecule has 0 saturated heterocycles. The molecule has 0 aromatic carbocycles. The molecule has 0 spiro atoms. The van der Waals surface area contributed by atoms with E-state index in [2.05, 4.69) is 55.6 Å². The first-order valence-electron chi connectivity index (χ1n) is 21.8. The van der Waals surface area contributed by atoms with E-state index in [0.29, 0.717) is 6.42 Å². The first kappa shape index (κ1) is 51.5. The van der Waals surface area contributed by atoms with E-state index in [1.54, 1.807) is 6.08 Å². The van der Waals surface area contributed by atoms with E-state index >= 15 is 0 Å². The van der Waals surface area contributed by atoms with Gasteiger partial charge in [0.2, 0.25) is 5.91 Å². The van der Waals surface area contributed by atoms with Crippen molar-refractivity contribution in [2.24, 2.45) is 5.73 Å². The maximum absolute atomic E-state index is 12.8. The summed E-state index contributed by atoms with van der Waals surface area (Å²) in [5.74, 6) is -0.208. The number of rotatable bonds is 40. The molecule has 0 fully saturated rings. The fourth-order valence-corrected chi connectivity index (χ4v) is 6.84. The Morgan fingerprint density at radius 1 is 0.623 bits per heavy atom. The van der Waals surface area contributed by atoms with Crippen molar-refractivity contribution in [3.05, 3.63) is 48.6 Å². The van der Waals surface area contributed by atoms with Crippen molar-refractivity contribution >= 4 is 13.7 Å². The van der Waals surface area contributed by atoms with Crippen LogP contribution < -0.4 is 11.1 Å². The first-order chi connectivity index (χ1) is 25.9. The molecule has 0 aliphatic carbocycles. The number of nitrogens with one attached hydrogen (secondary N) is 1. The van der Waals surface area contributed by atoms with Gasteiger partial charge in [0.1, 0.15) is 0 Å². The molecular weight excluding hydrogens is 683 g/mol. The Labute approximate surface area is 326 Å². The molecule has 0 aromatic heterocycles. The Morgan fingerprint density at radius 2 is 1.04 bits per heavy atom. The molecule has 0 saturated carbocycles. The summed E-state index contributed by atoms with van der Waals surface area (Å²) in [6.45, 7) is 4.09. The Hall–Kier alpha value is -1.54. The first-order valence-corrected chi connectivity index (χ1v) is 23.3. The van der Waals surface area contributed by atoms with E-state index in [1.807, 2.05) is 6.08 Å². The highest BCUT2D eigenvalue weighted by Crippen LogP contribution is 2.43. The van der Waals surface area contributed by atoms with Gasteiger partial charge >= 0.3 is 7.82 Å². The SMILES string of the molecule is CCCCC/C=C\C/C=C\C/C=C\CCCCCCCCC(=O)NC(COP(=O)(O)OCCN)C(O)/C=C/CCCCCCCCCCCCCCC. The lowest BCUT2D eigenvalue weighted by molar-refractivity contribution is -0.123. The number of nitrogens with two attached hydrogens (primary N) is 1. The maximum atomic E-state index is 12.8. The number of aliphatic hydroxyl groups is 1. The van der Waals surface area contributed by atoms with Crippen LogP contribution in [0.5, 0.6) is 0 Å². The average molecular weight is 767 g/mol. The zero-order chi connectivity index (χ0) is 38.9. The Morgan fingerprint density at radius 3 is 1.55 bits per heavy atom.